The van der Waals surface area contributed by atoms with Crippen molar-refractivity contribution in [2.75, 3.05) is 17.8 Å². The Balaban J connectivity index is 1.45. The number of rotatable bonds is 10. The van der Waals surface area contributed by atoms with Gasteiger partial charge in [-0.2, -0.15) is 35.2 Å². The van der Waals surface area contributed by atoms with Crippen molar-refractivity contribution in [2.24, 2.45) is 5.73 Å². The van der Waals surface area contributed by atoms with Crippen molar-refractivity contribution in [1.29, 1.82) is 0 Å². The zero-order valence-electron chi connectivity index (χ0n) is 20.4. The van der Waals surface area contributed by atoms with E-state index in [9.17, 15) is 37.5 Å². The first-order chi connectivity index (χ1) is 18.9. The van der Waals surface area contributed by atoms with Crippen molar-refractivity contribution < 1.29 is 42.2 Å². The number of carboxylic acids is 1. The van der Waals surface area contributed by atoms with Crippen molar-refractivity contribution in [3.05, 3.63) is 46.8 Å². The molecule has 0 radical (unpaired) electrons. The highest BCUT2D eigenvalue weighted by Gasteiger charge is 2.54. The molecule has 40 heavy (non-hydrogen) atoms. The molecule has 0 bridgehead atoms. The maximum atomic E-state index is 12.9. The number of nitrogens with one attached hydrogen (secondary N) is 2. The van der Waals surface area contributed by atoms with Crippen molar-refractivity contribution in [3.8, 4) is 5.75 Å². The molecule has 1 saturated heterocycles. The van der Waals surface area contributed by atoms with E-state index in [2.05, 4.69) is 25.5 Å². The highest BCUT2D eigenvalue weighted by molar-refractivity contribution is 8.01. The first kappa shape index (κ1) is 29.8. The molecule has 2 aliphatic rings. The van der Waals surface area contributed by atoms with E-state index in [1.807, 2.05) is 0 Å². The lowest BCUT2D eigenvalue weighted by atomic mass is 10.0. The number of aliphatic carboxylic acids is 1. The van der Waals surface area contributed by atoms with Crippen LogP contribution in [0.3, 0.4) is 0 Å². The number of H-pyrrole nitrogens is 1. The molecular weight excluding hydrogens is 597 g/mol. The molecular formula is C22H21F3N6O6S3. The van der Waals surface area contributed by atoms with Gasteiger partial charge in [-0.3, -0.25) is 14.5 Å². The number of aromatic amines is 1. The Bertz CT molecular complexity index is 1360. The molecule has 12 nitrogen and oxygen atoms in total. The van der Waals surface area contributed by atoms with Crippen LogP contribution in [0.5, 0.6) is 5.75 Å². The molecule has 0 saturated carbocycles. The number of halogens is 3. The summed E-state index contributed by atoms with van der Waals surface area (Å²) in [7, 11) is 0. The topological polar surface area (TPSA) is 181 Å². The summed E-state index contributed by atoms with van der Waals surface area (Å²) in [5.74, 6) is -4.60. The summed E-state index contributed by atoms with van der Waals surface area (Å²) in [4.78, 5) is 50.3. The van der Waals surface area contributed by atoms with Crippen LogP contribution in [-0.4, -0.2) is 84.5 Å². The number of ether oxygens (including phenoxy) is 1. The summed E-state index contributed by atoms with van der Waals surface area (Å²) < 4.78 is 42.4. The summed E-state index contributed by atoms with van der Waals surface area (Å²) in [6, 6.07) is 1.38. The summed E-state index contributed by atoms with van der Waals surface area (Å²) in [5, 5.41) is 22.3. The highest BCUT2D eigenvalue weighted by Crippen LogP contribution is 2.41. The summed E-state index contributed by atoms with van der Waals surface area (Å²) >= 11 is 3.79. The fourth-order valence-corrected chi connectivity index (χ4v) is 6.73. The van der Waals surface area contributed by atoms with Gasteiger partial charge in [0.2, 0.25) is 5.91 Å². The Kier molecular flexibility index (Phi) is 9.01. The third-order valence-electron chi connectivity index (χ3n) is 5.79. The zero-order valence-corrected chi connectivity index (χ0v) is 22.9. The van der Waals surface area contributed by atoms with Crippen LogP contribution in [0.25, 0.3) is 0 Å². The van der Waals surface area contributed by atoms with E-state index >= 15 is 0 Å². The standard InChI is InChI=1S/C22H21F3N6O6S3/c1-38-6-10-4-9(2-3-12(10)37-21(36)22(23,24)25)14(26)17(32)28-15-18(33)31-16(20(34)35)11(8-40-19(15)31)7-39-13-5-27-30-29-13/h2-5,14-15,19H,6-8,26H2,1H3,(H,28,32)(H,34,35)(H,27,29,30). The monoisotopic (exact) mass is 618 g/mol. The SMILES string of the molecule is CSCc1cc(C(N)C(=O)NC2C(=O)N3C(C(=O)O)=C(CSc4cn[nH]n4)CSC23)ccc1OC(=O)C(F)(F)F. The number of carboxylic acid groups (broad SMARTS) is 1. The number of nitrogens with zero attached hydrogens (tertiary/aromatic N) is 3. The van der Waals surface area contributed by atoms with Gasteiger partial charge in [0.15, 0.2) is 0 Å². The minimum absolute atomic E-state index is 0.148. The molecule has 5 N–H and O–H groups in total. The average molecular weight is 619 g/mol. The molecule has 2 aromatic rings. The second kappa shape index (κ2) is 12.1. The third kappa shape index (κ3) is 6.24. The molecule has 3 unspecified atom stereocenters. The van der Waals surface area contributed by atoms with Crippen LogP contribution in [0.1, 0.15) is 17.2 Å². The van der Waals surface area contributed by atoms with Crippen molar-refractivity contribution >= 4 is 59.0 Å². The number of alkyl halides is 3. The Labute approximate surface area is 237 Å². The Hall–Kier alpha value is -3.22. The maximum absolute atomic E-state index is 12.9. The van der Waals surface area contributed by atoms with Gasteiger partial charge in [-0.05, 0) is 29.5 Å². The van der Waals surface area contributed by atoms with E-state index in [0.717, 1.165) is 11.0 Å². The van der Waals surface area contributed by atoms with Crippen molar-refractivity contribution in [3.63, 3.8) is 0 Å². The first-order valence-electron chi connectivity index (χ1n) is 11.3. The smallest absolute Gasteiger partial charge is 0.477 e. The van der Waals surface area contributed by atoms with Gasteiger partial charge in [0.1, 0.15) is 33.9 Å². The van der Waals surface area contributed by atoms with Gasteiger partial charge in [0.05, 0.1) is 6.20 Å². The number of hydrogen-bond acceptors (Lipinski definition) is 11. The molecule has 18 heteroatoms. The van der Waals surface area contributed by atoms with E-state index in [1.165, 1.54) is 53.6 Å². The molecule has 1 aromatic carbocycles. The normalized spacial score (nSPS) is 19.5. The second-order valence-corrected chi connectivity index (χ2v) is 11.4. The molecule has 0 aliphatic carbocycles. The molecule has 214 valence electrons. The van der Waals surface area contributed by atoms with Crippen LogP contribution < -0.4 is 15.8 Å². The van der Waals surface area contributed by atoms with E-state index in [0.29, 0.717) is 16.4 Å². The predicted molar refractivity (Wildman–Crippen MR) is 139 cm³/mol. The average Bonchev–Trinajstić information content (AvgIpc) is 3.43. The molecule has 0 spiro atoms. The summed E-state index contributed by atoms with van der Waals surface area (Å²) in [5.41, 5.74) is 6.89. The van der Waals surface area contributed by atoms with Gasteiger partial charge in [0.25, 0.3) is 5.91 Å². The maximum Gasteiger partial charge on any atom is 0.491 e. The molecule has 2 aliphatic heterocycles. The number of amides is 2. The Morgan fingerprint density at radius 3 is 2.73 bits per heavy atom. The summed E-state index contributed by atoms with van der Waals surface area (Å²) in [6.07, 6.45) is -2.01. The van der Waals surface area contributed by atoms with Crippen LogP contribution in [0, 0.1) is 0 Å². The largest absolute Gasteiger partial charge is 0.491 e. The molecule has 1 fully saturated rings. The van der Waals surface area contributed by atoms with Crippen LogP contribution in [0.2, 0.25) is 0 Å². The van der Waals surface area contributed by atoms with Crippen LogP contribution >= 0.6 is 35.3 Å². The molecule has 3 atom stereocenters. The lowest BCUT2D eigenvalue weighted by Gasteiger charge is -2.49. The number of β-lactam (4-membered cyclic amide) rings is 1. The number of esters is 1. The van der Waals surface area contributed by atoms with E-state index < -0.39 is 47.4 Å². The minimum atomic E-state index is -5.18. The van der Waals surface area contributed by atoms with Crippen LogP contribution in [0.15, 0.2) is 40.7 Å². The van der Waals surface area contributed by atoms with Gasteiger partial charge in [-0.25, -0.2) is 9.59 Å². The predicted octanol–water partition coefficient (Wildman–Crippen LogP) is 1.67. The number of carbonyl (C=O) groups excluding carboxylic acids is 3. The minimum Gasteiger partial charge on any atom is -0.477 e. The lowest BCUT2D eigenvalue weighted by Crippen LogP contribution is -2.71. The van der Waals surface area contributed by atoms with Gasteiger partial charge in [-0.15, -0.1) is 16.9 Å². The molecule has 4 rings (SSSR count). The van der Waals surface area contributed by atoms with E-state index in [1.54, 1.807) is 6.26 Å². The number of fused-ring (bicyclic) bond motifs is 1. The number of thioether (sulfide) groups is 3. The number of aromatic nitrogens is 3. The number of benzene rings is 1. The first-order valence-corrected chi connectivity index (χ1v) is 14.7. The molecule has 3 heterocycles. The fraction of sp³-hybridized carbons (Fsp3) is 0.364. The van der Waals surface area contributed by atoms with Gasteiger partial charge >= 0.3 is 18.1 Å². The quantitative estimate of drug-likeness (QED) is 0.131. The zero-order chi connectivity index (χ0) is 29.2. The van der Waals surface area contributed by atoms with Crippen molar-refractivity contribution in [1.82, 2.24) is 25.6 Å². The Morgan fingerprint density at radius 1 is 1.35 bits per heavy atom. The lowest BCUT2D eigenvalue weighted by molar-refractivity contribution is -0.189. The van der Waals surface area contributed by atoms with Gasteiger partial charge in [0, 0.05) is 22.8 Å². The van der Waals surface area contributed by atoms with Gasteiger partial charge in [-0.1, -0.05) is 17.8 Å². The number of nitrogens with two attached hydrogens (primary N) is 1. The second-order valence-electron chi connectivity index (χ2n) is 8.42. The summed E-state index contributed by atoms with van der Waals surface area (Å²) in [6.45, 7) is 0. The van der Waals surface area contributed by atoms with E-state index in [4.69, 9.17) is 5.73 Å². The van der Waals surface area contributed by atoms with Crippen LogP contribution in [0.4, 0.5) is 13.2 Å². The molecule has 2 amide bonds. The Morgan fingerprint density at radius 2 is 2.10 bits per heavy atom. The van der Waals surface area contributed by atoms with Crippen molar-refractivity contribution in [2.45, 2.75) is 34.4 Å². The number of hydrogen-bond donors (Lipinski definition) is 4. The van der Waals surface area contributed by atoms with Crippen LogP contribution in [-0.2, 0) is 24.9 Å². The van der Waals surface area contributed by atoms with E-state index in [-0.39, 0.29) is 34.1 Å². The highest BCUT2D eigenvalue weighted by atomic mass is 32.2. The molecule has 1 aromatic heterocycles. The van der Waals surface area contributed by atoms with Gasteiger partial charge < -0.3 is 20.9 Å². The number of carbonyl (C=O) groups is 4. The third-order valence-corrected chi connectivity index (χ3v) is 8.72. The fourth-order valence-electron chi connectivity index (χ4n) is 3.93.